The highest BCUT2D eigenvalue weighted by atomic mass is 32.1. The summed E-state index contributed by atoms with van der Waals surface area (Å²) in [5.41, 5.74) is 0.560. The largest absolute Gasteiger partial charge is 0.496 e. The Labute approximate surface area is 101 Å². The molecule has 8 heteroatoms. The number of hydrogen-bond acceptors (Lipinski definition) is 5. The number of methoxy groups -OCH3 is 1. The molecule has 0 saturated carbocycles. The van der Waals surface area contributed by atoms with Crippen LogP contribution >= 0.6 is 12.2 Å². The molecule has 0 aliphatic heterocycles. The van der Waals surface area contributed by atoms with E-state index in [4.69, 9.17) is 17.0 Å². The van der Waals surface area contributed by atoms with Gasteiger partial charge in [0.25, 0.3) is 5.69 Å². The minimum Gasteiger partial charge on any atom is -0.496 e. The minimum atomic E-state index is -0.487. The number of aromatic nitrogens is 3. The Balaban J connectivity index is 2.55. The third-order valence-corrected chi connectivity index (χ3v) is 2.35. The fourth-order valence-electron chi connectivity index (χ4n) is 1.39. The van der Waals surface area contributed by atoms with Crippen LogP contribution in [0.3, 0.4) is 0 Å². The summed E-state index contributed by atoms with van der Waals surface area (Å²) in [4.78, 5) is 14.2. The van der Waals surface area contributed by atoms with Crippen LogP contribution in [0.4, 0.5) is 5.69 Å². The van der Waals surface area contributed by atoms with E-state index in [9.17, 15) is 10.1 Å². The highest BCUT2D eigenvalue weighted by molar-refractivity contribution is 7.71. The number of hydrogen-bond donors (Lipinski definition) is 2. The van der Waals surface area contributed by atoms with E-state index >= 15 is 0 Å². The Morgan fingerprint density at radius 1 is 1.47 bits per heavy atom. The van der Waals surface area contributed by atoms with Gasteiger partial charge in [0.2, 0.25) is 4.77 Å². The second-order valence-electron chi connectivity index (χ2n) is 3.16. The van der Waals surface area contributed by atoms with Gasteiger partial charge in [0, 0.05) is 6.07 Å². The topological polar surface area (TPSA) is 96.8 Å². The number of aromatic amines is 2. The van der Waals surface area contributed by atoms with E-state index < -0.39 is 4.92 Å². The second-order valence-corrected chi connectivity index (χ2v) is 3.54. The van der Waals surface area contributed by atoms with E-state index in [1.807, 2.05) is 0 Å². The van der Waals surface area contributed by atoms with E-state index in [2.05, 4.69) is 15.2 Å². The van der Waals surface area contributed by atoms with Crippen molar-refractivity contribution in [2.75, 3.05) is 7.11 Å². The molecule has 1 heterocycles. The Morgan fingerprint density at radius 3 is 2.76 bits per heavy atom. The zero-order chi connectivity index (χ0) is 12.4. The van der Waals surface area contributed by atoms with Gasteiger partial charge in [-0.15, -0.1) is 0 Å². The second kappa shape index (κ2) is 4.34. The number of nitrogens with zero attached hydrogens (tertiary/aromatic N) is 2. The van der Waals surface area contributed by atoms with E-state index in [0.717, 1.165) is 0 Å². The van der Waals surface area contributed by atoms with Crippen LogP contribution in [0.15, 0.2) is 18.2 Å². The molecule has 2 N–H and O–H groups in total. The summed E-state index contributed by atoms with van der Waals surface area (Å²) >= 11 is 4.83. The van der Waals surface area contributed by atoms with Gasteiger partial charge in [-0.2, -0.15) is 4.98 Å². The molecule has 0 saturated heterocycles. The number of nitrogens with one attached hydrogen (secondary N) is 2. The quantitative estimate of drug-likeness (QED) is 0.495. The maximum absolute atomic E-state index is 10.6. The van der Waals surface area contributed by atoms with Crippen molar-refractivity contribution in [2.24, 2.45) is 0 Å². The monoisotopic (exact) mass is 252 g/mol. The average molecular weight is 252 g/mol. The number of ether oxygens (including phenoxy) is 1. The van der Waals surface area contributed by atoms with Gasteiger partial charge >= 0.3 is 0 Å². The number of non-ortho nitro benzene ring substituents is 1. The van der Waals surface area contributed by atoms with Crippen LogP contribution in [0.5, 0.6) is 5.75 Å². The van der Waals surface area contributed by atoms with Gasteiger partial charge in [-0.3, -0.25) is 20.3 Å². The molecule has 0 unspecified atom stereocenters. The third-order valence-electron chi connectivity index (χ3n) is 2.15. The third kappa shape index (κ3) is 2.16. The number of H-pyrrole nitrogens is 2. The average Bonchev–Trinajstić information content (AvgIpc) is 2.74. The van der Waals surface area contributed by atoms with Crippen LogP contribution < -0.4 is 4.74 Å². The van der Waals surface area contributed by atoms with Crippen LogP contribution in [0.1, 0.15) is 0 Å². The van der Waals surface area contributed by atoms with Gasteiger partial charge in [-0.05, 0) is 18.3 Å². The number of rotatable bonds is 3. The lowest BCUT2D eigenvalue weighted by molar-refractivity contribution is -0.384. The lowest BCUT2D eigenvalue weighted by Gasteiger charge is -2.04. The molecule has 0 atom stereocenters. The first kappa shape index (κ1) is 11.3. The number of benzene rings is 1. The molecule has 0 amide bonds. The van der Waals surface area contributed by atoms with Crippen molar-refractivity contribution < 1.29 is 9.66 Å². The van der Waals surface area contributed by atoms with Crippen LogP contribution in [-0.4, -0.2) is 27.2 Å². The summed E-state index contributed by atoms with van der Waals surface area (Å²) < 4.78 is 5.39. The zero-order valence-corrected chi connectivity index (χ0v) is 9.58. The minimum absolute atomic E-state index is 0.0419. The summed E-state index contributed by atoms with van der Waals surface area (Å²) in [6.45, 7) is 0. The fourth-order valence-corrected chi connectivity index (χ4v) is 1.53. The van der Waals surface area contributed by atoms with Crippen molar-refractivity contribution in [3.8, 4) is 17.1 Å². The smallest absolute Gasteiger partial charge is 0.273 e. The SMILES string of the molecule is COc1cc([N+](=O)[O-])ccc1-c1nc(=S)[nH][nH]1. The van der Waals surface area contributed by atoms with Gasteiger partial charge in [0.15, 0.2) is 5.82 Å². The van der Waals surface area contributed by atoms with Crippen molar-refractivity contribution in [3.05, 3.63) is 33.1 Å². The molecule has 0 spiro atoms. The van der Waals surface area contributed by atoms with Gasteiger partial charge in [-0.25, -0.2) is 0 Å². The normalized spacial score (nSPS) is 10.2. The van der Waals surface area contributed by atoms with Crippen molar-refractivity contribution in [3.63, 3.8) is 0 Å². The zero-order valence-electron chi connectivity index (χ0n) is 8.76. The van der Waals surface area contributed by atoms with Crippen molar-refractivity contribution >= 4 is 17.9 Å². The van der Waals surface area contributed by atoms with Crippen molar-refractivity contribution in [1.29, 1.82) is 0 Å². The maximum atomic E-state index is 10.6. The fraction of sp³-hybridized carbons (Fsp3) is 0.111. The molecule has 0 aliphatic carbocycles. The Kier molecular flexibility index (Phi) is 2.88. The van der Waals surface area contributed by atoms with Gasteiger partial charge in [0.05, 0.1) is 23.7 Å². The van der Waals surface area contributed by atoms with E-state index in [0.29, 0.717) is 21.9 Å². The first-order valence-corrected chi connectivity index (χ1v) is 5.00. The van der Waals surface area contributed by atoms with E-state index in [1.54, 1.807) is 6.07 Å². The summed E-state index contributed by atoms with van der Waals surface area (Å²) in [6.07, 6.45) is 0. The van der Waals surface area contributed by atoms with Gasteiger partial charge < -0.3 is 4.74 Å². The molecule has 0 fully saturated rings. The Hall–Kier alpha value is -2.22. The predicted molar refractivity (Wildman–Crippen MR) is 62.4 cm³/mol. The Bertz CT molecular complexity index is 619. The molecule has 1 aromatic carbocycles. The molecule has 17 heavy (non-hydrogen) atoms. The summed E-state index contributed by atoms with van der Waals surface area (Å²) in [7, 11) is 1.43. The Morgan fingerprint density at radius 2 is 2.24 bits per heavy atom. The lowest BCUT2D eigenvalue weighted by atomic mass is 10.1. The molecule has 88 valence electrons. The lowest BCUT2D eigenvalue weighted by Crippen LogP contribution is -1.93. The van der Waals surface area contributed by atoms with Crippen LogP contribution in [0.25, 0.3) is 11.4 Å². The highest BCUT2D eigenvalue weighted by Gasteiger charge is 2.14. The number of nitro benzene ring substituents is 1. The van der Waals surface area contributed by atoms with Crippen molar-refractivity contribution in [2.45, 2.75) is 0 Å². The van der Waals surface area contributed by atoms with E-state index in [1.165, 1.54) is 19.2 Å². The first-order valence-electron chi connectivity index (χ1n) is 4.59. The van der Waals surface area contributed by atoms with Gasteiger partial charge in [-0.1, -0.05) is 0 Å². The molecule has 2 rings (SSSR count). The summed E-state index contributed by atoms with van der Waals surface area (Å²) in [6, 6.07) is 4.27. The van der Waals surface area contributed by atoms with Crippen LogP contribution in [-0.2, 0) is 0 Å². The van der Waals surface area contributed by atoms with Crippen LogP contribution in [0.2, 0.25) is 0 Å². The summed E-state index contributed by atoms with van der Waals surface area (Å²) in [5.74, 6) is 0.832. The molecule has 0 radical (unpaired) electrons. The molecular formula is C9H8N4O3S. The summed E-state index contributed by atoms with van der Waals surface area (Å²) in [5, 5.41) is 16.0. The molecule has 2 aromatic rings. The first-order chi connectivity index (χ1) is 8.11. The van der Waals surface area contributed by atoms with Crippen molar-refractivity contribution in [1.82, 2.24) is 15.2 Å². The maximum Gasteiger partial charge on any atom is 0.273 e. The van der Waals surface area contributed by atoms with Crippen LogP contribution in [0, 0.1) is 14.9 Å². The highest BCUT2D eigenvalue weighted by Crippen LogP contribution is 2.30. The molecular weight excluding hydrogens is 244 g/mol. The van der Waals surface area contributed by atoms with E-state index in [-0.39, 0.29) is 5.69 Å². The number of nitro groups is 1. The predicted octanol–water partition coefficient (Wildman–Crippen LogP) is 2.05. The molecule has 0 bridgehead atoms. The molecule has 0 aliphatic rings. The standard InChI is InChI=1S/C9H8N4O3S/c1-16-7-4-5(13(14)15)2-3-6(7)8-10-9(17)12-11-8/h2-4H,1H3,(H2,10,11,12,17). The molecule has 1 aromatic heterocycles. The molecule has 7 nitrogen and oxygen atoms in total. The van der Waals surface area contributed by atoms with Gasteiger partial charge in [0.1, 0.15) is 5.75 Å².